The van der Waals surface area contributed by atoms with E-state index >= 15 is 0 Å². The molecule has 2 heterocycles. The number of furan rings is 1. The van der Waals surface area contributed by atoms with E-state index < -0.39 is 5.54 Å². The van der Waals surface area contributed by atoms with E-state index in [1.807, 2.05) is 26.0 Å². The molecule has 5 heteroatoms. The summed E-state index contributed by atoms with van der Waals surface area (Å²) >= 11 is 0. The molecule has 1 aromatic rings. The summed E-state index contributed by atoms with van der Waals surface area (Å²) in [6, 6.07) is 3.78. The van der Waals surface area contributed by atoms with E-state index in [1.54, 1.807) is 4.90 Å². The lowest BCUT2D eigenvalue weighted by Gasteiger charge is -2.31. The maximum absolute atomic E-state index is 12.8. The Bertz CT molecular complexity index is 547. The molecule has 1 N–H and O–H groups in total. The zero-order valence-electron chi connectivity index (χ0n) is 11.9. The summed E-state index contributed by atoms with van der Waals surface area (Å²) in [7, 11) is 0. The number of nitrogens with one attached hydrogen (secondary N) is 1. The van der Waals surface area contributed by atoms with Crippen molar-refractivity contribution in [2.24, 2.45) is 5.92 Å². The molecule has 0 aromatic carbocycles. The van der Waals surface area contributed by atoms with Crippen molar-refractivity contribution in [3.8, 4) is 0 Å². The molecule has 1 aromatic heterocycles. The predicted octanol–water partition coefficient (Wildman–Crippen LogP) is 1.61. The van der Waals surface area contributed by atoms with Gasteiger partial charge in [0.1, 0.15) is 17.1 Å². The summed E-state index contributed by atoms with van der Waals surface area (Å²) in [4.78, 5) is 26.4. The van der Waals surface area contributed by atoms with Crippen molar-refractivity contribution in [1.29, 1.82) is 0 Å². The minimum atomic E-state index is -0.741. The number of hydrogen-bond acceptors (Lipinski definition) is 3. The van der Waals surface area contributed by atoms with Crippen LogP contribution in [0.4, 0.5) is 0 Å². The van der Waals surface area contributed by atoms with E-state index in [-0.39, 0.29) is 17.7 Å². The zero-order valence-corrected chi connectivity index (χ0v) is 11.9. The zero-order chi connectivity index (χ0) is 14.3. The predicted molar refractivity (Wildman–Crippen MR) is 72.8 cm³/mol. The van der Waals surface area contributed by atoms with Crippen LogP contribution >= 0.6 is 0 Å². The molecular weight excluding hydrogens is 256 g/mol. The van der Waals surface area contributed by atoms with E-state index in [0.29, 0.717) is 19.5 Å². The molecule has 0 spiro atoms. The van der Waals surface area contributed by atoms with Gasteiger partial charge < -0.3 is 14.6 Å². The van der Waals surface area contributed by atoms with Crippen LogP contribution < -0.4 is 5.32 Å². The molecule has 1 unspecified atom stereocenters. The van der Waals surface area contributed by atoms with Crippen LogP contribution in [0, 0.1) is 12.8 Å². The van der Waals surface area contributed by atoms with Crippen molar-refractivity contribution < 1.29 is 14.0 Å². The maximum Gasteiger partial charge on any atom is 0.248 e. The second-order valence-corrected chi connectivity index (χ2v) is 6.01. The number of aryl methyl sites for hydroxylation is 1. The van der Waals surface area contributed by atoms with Crippen molar-refractivity contribution in [3.05, 3.63) is 23.7 Å². The Hall–Kier alpha value is -1.78. The van der Waals surface area contributed by atoms with Crippen molar-refractivity contribution in [2.75, 3.05) is 6.54 Å². The minimum absolute atomic E-state index is 0.0138. The van der Waals surface area contributed by atoms with Crippen molar-refractivity contribution in [2.45, 2.75) is 45.2 Å². The minimum Gasteiger partial charge on any atom is -0.464 e. The van der Waals surface area contributed by atoms with Gasteiger partial charge in [-0.15, -0.1) is 0 Å². The topological polar surface area (TPSA) is 62.6 Å². The fraction of sp³-hybridized carbons (Fsp3) is 0.600. The number of hydrogen-bond donors (Lipinski definition) is 1. The van der Waals surface area contributed by atoms with Crippen molar-refractivity contribution in [1.82, 2.24) is 10.2 Å². The van der Waals surface area contributed by atoms with Gasteiger partial charge in [0.05, 0.1) is 6.54 Å². The van der Waals surface area contributed by atoms with Gasteiger partial charge in [0.25, 0.3) is 0 Å². The van der Waals surface area contributed by atoms with Crippen LogP contribution in [0.5, 0.6) is 0 Å². The SMILES string of the molecule is Cc1ccc(CN2CCC(=O)NC(C)(C3CC3)C2=O)o1. The molecule has 1 atom stereocenters. The summed E-state index contributed by atoms with van der Waals surface area (Å²) in [5.74, 6) is 1.86. The third-order valence-electron chi connectivity index (χ3n) is 4.28. The molecule has 2 fully saturated rings. The monoisotopic (exact) mass is 276 g/mol. The summed E-state index contributed by atoms with van der Waals surface area (Å²) in [5.41, 5.74) is -0.741. The highest BCUT2D eigenvalue weighted by Crippen LogP contribution is 2.41. The maximum atomic E-state index is 12.8. The number of amides is 2. The van der Waals surface area contributed by atoms with E-state index in [4.69, 9.17) is 4.42 Å². The van der Waals surface area contributed by atoms with Crippen LogP contribution in [0.2, 0.25) is 0 Å². The Morgan fingerprint density at radius 1 is 1.40 bits per heavy atom. The van der Waals surface area contributed by atoms with E-state index in [9.17, 15) is 9.59 Å². The molecule has 1 aliphatic carbocycles. The molecule has 1 saturated carbocycles. The highest BCUT2D eigenvalue weighted by molar-refractivity contribution is 5.93. The Morgan fingerprint density at radius 3 is 2.75 bits per heavy atom. The Morgan fingerprint density at radius 2 is 2.15 bits per heavy atom. The largest absolute Gasteiger partial charge is 0.464 e. The lowest BCUT2D eigenvalue weighted by atomic mass is 9.94. The first-order valence-corrected chi connectivity index (χ1v) is 7.15. The van der Waals surface area contributed by atoms with Gasteiger partial charge in [-0.2, -0.15) is 0 Å². The number of rotatable bonds is 3. The average Bonchev–Trinajstić information content (AvgIpc) is 3.18. The van der Waals surface area contributed by atoms with Gasteiger partial charge >= 0.3 is 0 Å². The Balaban J connectivity index is 1.82. The Labute approximate surface area is 118 Å². The molecule has 1 saturated heterocycles. The molecule has 20 heavy (non-hydrogen) atoms. The third kappa shape index (κ3) is 2.32. The molecule has 2 amide bonds. The molecule has 1 aliphatic heterocycles. The first-order valence-electron chi connectivity index (χ1n) is 7.15. The van der Waals surface area contributed by atoms with Gasteiger partial charge in [-0.1, -0.05) is 0 Å². The quantitative estimate of drug-likeness (QED) is 0.912. The smallest absolute Gasteiger partial charge is 0.248 e. The fourth-order valence-electron chi connectivity index (χ4n) is 2.92. The van der Waals surface area contributed by atoms with Gasteiger partial charge in [0, 0.05) is 13.0 Å². The lowest BCUT2D eigenvalue weighted by molar-refractivity contribution is -0.139. The summed E-state index contributed by atoms with van der Waals surface area (Å²) in [6.07, 6.45) is 2.38. The van der Waals surface area contributed by atoms with Crippen LogP contribution in [-0.4, -0.2) is 28.8 Å². The van der Waals surface area contributed by atoms with E-state index in [1.165, 1.54) is 0 Å². The standard InChI is InChI=1S/C15H20N2O3/c1-10-3-6-12(20-10)9-17-8-7-13(18)16-15(2,14(17)19)11-4-5-11/h3,6,11H,4-5,7-9H2,1-2H3,(H,16,18). The first kappa shape index (κ1) is 13.2. The number of nitrogens with zero attached hydrogens (tertiary/aromatic N) is 1. The van der Waals surface area contributed by atoms with Gasteiger partial charge in [0.2, 0.25) is 11.8 Å². The number of carbonyl (C=O) groups is 2. The van der Waals surface area contributed by atoms with Gasteiger partial charge in [0.15, 0.2) is 0 Å². The van der Waals surface area contributed by atoms with Crippen molar-refractivity contribution >= 4 is 11.8 Å². The molecule has 3 rings (SSSR count). The highest BCUT2D eigenvalue weighted by atomic mass is 16.3. The average molecular weight is 276 g/mol. The summed E-state index contributed by atoms with van der Waals surface area (Å²) in [6.45, 7) is 4.63. The molecule has 0 radical (unpaired) electrons. The normalized spacial score (nSPS) is 27.4. The van der Waals surface area contributed by atoms with E-state index in [2.05, 4.69) is 5.32 Å². The Kier molecular flexibility index (Phi) is 3.07. The third-order valence-corrected chi connectivity index (χ3v) is 4.28. The molecule has 2 aliphatic rings. The van der Waals surface area contributed by atoms with Crippen LogP contribution in [-0.2, 0) is 16.1 Å². The second-order valence-electron chi connectivity index (χ2n) is 6.01. The molecule has 108 valence electrons. The van der Waals surface area contributed by atoms with Crippen LogP contribution in [0.15, 0.2) is 16.5 Å². The highest BCUT2D eigenvalue weighted by Gasteiger charge is 2.51. The van der Waals surface area contributed by atoms with Gasteiger partial charge in [-0.05, 0) is 44.7 Å². The van der Waals surface area contributed by atoms with Crippen LogP contribution in [0.25, 0.3) is 0 Å². The number of carbonyl (C=O) groups excluding carboxylic acids is 2. The fourth-order valence-corrected chi connectivity index (χ4v) is 2.92. The van der Waals surface area contributed by atoms with Crippen molar-refractivity contribution in [3.63, 3.8) is 0 Å². The first-order chi connectivity index (χ1) is 9.49. The van der Waals surface area contributed by atoms with Gasteiger partial charge in [-0.3, -0.25) is 9.59 Å². The summed E-state index contributed by atoms with van der Waals surface area (Å²) in [5, 5.41) is 2.93. The second kappa shape index (κ2) is 4.65. The summed E-state index contributed by atoms with van der Waals surface area (Å²) < 4.78 is 5.55. The van der Waals surface area contributed by atoms with Crippen LogP contribution in [0.1, 0.15) is 37.7 Å². The molecule has 0 bridgehead atoms. The van der Waals surface area contributed by atoms with E-state index in [0.717, 1.165) is 24.4 Å². The molecular formula is C15H20N2O3. The lowest BCUT2D eigenvalue weighted by Crippen LogP contribution is -2.56. The molecule has 5 nitrogen and oxygen atoms in total. The van der Waals surface area contributed by atoms with Gasteiger partial charge in [-0.25, -0.2) is 0 Å². The van der Waals surface area contributed by atoms with Crippen LogP contribution in [0.3, 0.4) is 0 Å².